The highest BCUT2D eigenvalue weighted by Gasteiger charge is 2.16. The Balaban J connectivity index is 1.48. The quantitative estimate of drug-likeness (QED) is 0.594. The van der Waals surface area contributed by atoms with Crippen LogP contribution in [0.25, 0.3) is 0 Å². The number of aromatic nitrogens is 1. The molecule has 0 amide bonds. The van der Waals surface area contributed by atoms with Gasteiger partial charge in [-0.2, -0.15) is 0 Å². The standard InChI is InChI=1S/C22H31N5O/c1-17-9-11-27(12-10-17)21-8-7-19(15-24-21)16-26-22(23-2)25-14-18-5-4-6-20(13-18)28-3/h4-8,13,15,17H,9-12,14,16H2,1-3H3,(H2,23,25,26). The molecule has 0 aliphatic carbocycles. The summed E-state index contributed by atoms with van der Waals surface area (Å²) in [7, 11) is 3.46. The van der Waals surface area contributed by atoms with Gasteiger partial charge in [0.25, 0.3) is 0 Å². The number of pyridine rings is 1. The van der Waals surface area contributed by atoms with Crippen molar-refractivity contribution < 1.29 is 4.74 Å². The number of guanidine groups is 1. The summed E-state index contributed by atoms with van der Waals surface area (Å²) in [4.78, 5) is 11.3. The van der Waals surface area contributed by atoms with E-state index in [1.165, 1.54) is 12.8 Å². The van der Waals surface area contributed by atoms with Gasteiger partial charge in [-0.3, -0.25) is 4.99 Å². The number of hydrogen-bond acceptors (Lipinski definition) is 4. The van der Waals surface area contributed by atoms with Crippen LogP contribution < -0.4 is 20.3 Å². The van der Waals surface area contributed by atoms with Gasteiger partial charge in [-0.05, 0) is 48.1 Å². The van der Waals surface area contributed by atoms with Crippen LogP contribution in [0.2, 0.25) is 0 Å². The summed E-state index contributed by atoms with van der Waals surface area (Å²) in [6.07, 6.45) is 4.45. The van der Waals surface area contributed by atoms with Crippen molar-refractivity contribution in [2.45, 2.75) is 32.9 Å². The van der Waals surface area contributed by atoms with E-state index in [0.717, 1.165) is 47.7 Å². The lowest BCUT2D eigenvalue weighted by molar-refractivity contribution is 0.414. The molecule has 0 radical (unpaired) electrons. The largest absolute Gasteiger partial charge is 0.497 e. The lowest BCUT2D eigenvalue weighted by Gasteiger charge is -2.31. The van der Waals surface area contributed by atoms with Crippen molar-refractivity contribution in [2.24, 2.45) is 10.9 Å². The van der Waals surface area contributed by atoms with Gasteiger partial charge in [0.1, 0.15) is 11.6 Å². The maximum Gasteiger partial charge on any atom is 0.191 e. The molecule has 0 atom stereocenters. The lowest BCUT2D eigenvalue weighted by Crippen LogP contribution is -2.36. The summed E-state index contributed by atoms with van der Waals surface area (Å²) in [6.45, 7) is 5.90. The Kier molecular flexibility index (Phi) is 7.12. The van der Waals surface area contributed by atoms with E-state index in [-0.39, 0.29) is 0 Å². The molecule has 0 spiro atoms. The van der Waals surface area contributed by atoms with Crippen molar-refractivity contribution in [2.75, 3.05) is 32.1 Å². The van der Waals surface area contributed by atoms with Crippen LogP contribution in [0.5, 0.6) is 5.75 Å². The summed E-state index contributed by atoms with van der Waals surface area (Å²) in [6, 6.07) is 12.3. The average molecular weight is 382 g/mol. The second kappa shape index (κ2) is 9.97. The summed E-state index contributed by atoms with van der Waals surface area (Å²) >= 11 is 0. The number of piperidine rings is 1. The van der Waals surface area contributed by atoms with Gasteiger partial charge in [0.15, 0.2) is 5.96 Å². The highest BCUT2D eigenvalue weighted by molar-refractivity contribution is 5.79. The first-order chi connectivity index (χ1) is 13.7. The Bertz CT molecular complexity index is 767. The molecule has 6 heteroatoms. The fraction of sp³-hybridized carbons (Fsp3) is 0.455. The molecule has 1 aromatic carbocycles. The first-order valence-corrected chi connectivity index (χ1v) is 9.95. The first-order valence-electron chi connectivity index (χ1n) is 9.95. The molecule has 2 N–H and O–H groups in total. The van der Waals surface area contributed by atoms with Crippen molar-refractivity contribution in [1.82, 2.24) is 15.6 Å². The van der Waals surface area contributed by atoms with Gasteiger partial charge in [-0.1, -0.05) is 25.1 Å². The van der Waals surface area contributed by atoms with Gasteiger partial charge in [-0.25, -0.2) is 4.98 Å². The fourth-order valence-corrected chi connectivity index (χ4v) is 3.32. The molecule has 1 aliphatic rings. The normalized spacial score (nSPS) is 15.4. The van der Waals surface area contributed by atoms with Crippen molar-refractivity contribution in [3.63, 3.8) is 0 Å². The zero-order chi connectivity index (χ0) is 19.8. The molecule has 3 rings (SSSR count). The molecule has 1 aliphatic heterocycles. The summed E-state index contributed by atoms with van der Waals surface area (Å²) < 4.78 is 5.27. The molecule has 6 nitrogen and oxygen atoms in total. The van der Waals surface area contributed by atoms with Crippen molar-refractivity contribution in [3.05, 3.63) is 53.7 Å². The molecule has 1 fully saturated rings. The lowest BCUT2D eigenvalue weighted by atomic mass is 9.99. The van der Waals surface area contributed by atoms with E-state index in [1.807, 2.05) is 24.4 Å². The second-order valence-electron chi connectivity index (χ2n) is 7.33. The van der Waals surface area contributed by atoms with Gasteiger partial charge < -0.3 is 20.3 Å². The van der Waals surface area contributed by atoms with Crippen LogP contribution in [0.15, 0.2) is 47.6 Å². The summed E-state index contributed by atoms with van der Waals surface area (Å²) in [5.41, 5.74) is 2.28. The van der Waals surface area contributed by atoms with Gasteiger partial charge in [-0.15, -0.1) is 0 Å². The molecule has 0 saturated carbocycles. The number of ether oxygens (including phenoxy) is 1. The minimum atomic E-state index is 0.682. The Morgan fingerprint density at radius 3 is 2.54 bits per heavy atom. The number of nitrogens with zero attached hydrogens (tertiary/aromatic N) is 3. The van der Waals surface area contributed by atoms with Crippen molar-refractivity contribution in [3.8, 4) is 5.75 Å². The molecule has 1 saturated heterocycles. The van der Waals surface area contributed by atoms with Crippen LogP contribution in [-0.2, 0) is 13.1 Å². The number of hydrogen-bond donors (Lipinski definition) is 2. The SMILES string of the molecule is CN=C(NCc1ccc(N2CCC(C)CC2)nc1)NCc1cccc(OC)c1. The first kappa shape index (κ1) is 20.0. The zero-order valence-corrected chi connectivity index (χ0v) is 17.1. The highest BCUT2D eigenvalue weighted by Crippen LogP contribution is 2.21. The monoisotopic (exact) mass is 381 g/mol. The van der Waals surface area contributed by atoms with E-state index in [4.69, 9.17) is 4.74 Å². The number of methoxy groups -OCH3 is 1. The van der Waals surface area contributed by atoms with Crippen LogP contribution in [-0.4, -0.2) is 38.2 Å². The van der Waals surface area contributed by atoms with Crippen LogP contribution >= 0.6 is 0 Å². The molecular formula is C22H31N5O. The van der Waals surface area contributed by atoms with Crippen molar-refractivity contribution in [1.29, 1.82) is 0 Å². The predicted octanol–water partition coefficient (Wildman–Crippen LogP) is 3.19. The third-order valence-electron chi connectivity index (χ3n) is 5.19. The Morgan fingerprint density at radius 2 is 1.89 bits per heavy atom. The van der Waals surface area contributed by atoms with E-state index >= 15 is 0 Å². The fourth-order valence-electron chi connectivity index (χ4n) is 3.32. The van der Waals surface area contributed by atoms with Gasteiger partial charge in [0.2, 0.25) is 0 Å². The van der Waals surface area contributed by atoms with E-state index in [0.29, 0.717) is 13.1 Å². The molecule has 1 aromatic heterocycles. The van der Waals surface area contributed by atoms with Crippen LogP contribution in [0, 0.1) is 5.92 Å². The van der Waals surface area contributed by atoms with Gasteiger partial charge >= 0.3 is 0 Å². The third kappa shape index (κ3) is 5.62. The van der Waals surface area contributed by atoms with Crippen molar-refractivity contribution >= 4 is 11.8 Å². The minimum absolute atomic E-state index is 0.682. The molecule has 0 bridgehead atoms. The highest BCUT2D eigenvalue weighted by atomic mass is 16.5. The molecular weight excluding hydrogens is 350 g/mol. The van der Waals surface area contributed by atoms with E-state index in [9.17, 15) is 0 Å². The van der Waals surface area contributed by atoms with Gasteiger partial charge in [0, 0.05) is 39.4 Å². The van der Waals surface area contributed by atoms with Crippen LogP contribution in [0.1, 0.15) is 30.9 Å². The predicted molar refractivity (Wildman–Crippen MR) is 115 cm³/mol. The molecule has 2 aromatic rings. The number of aliphatic imine (C=N–C) groups is 1. The van der Waals surface area contributed by atoms with Crippen LogP contribution in [0.3, 0.4) is 0 Å². The number of nitrogens with one attached hydrogen (secondary N) is 2. The topological polar surface area (TPSA) is 61.8 Å². The van der Waals surface area contributed by atoms with E-state index in [1.54, 1.807) is 14.2 Å². The molecule has 150 valence electrons. The average Bonchev–Trinajstić information content (AvgIpc) is 2.75. The Morgan fingerprint density at radius 1 is 1.14 bits per heavy atom. The van der Waals surface area contributed by atoms with E-state index in [2.05, 4.69) is 50.6 Å². The van der Waals surface area contributed by atoms with Crippen LogP contribution in [0.4, 0.5) is 5.82 Å². The second-order valence-corrected chi connectivity index (χ2v) is 7.33. The van der Waals surface area contributed by atoms with Gasteiger partial charge in [0.05, 0.1) is 7.11 Å². The molecule has 0 unspecified atom stereocenters. The molecule has 28 heavy (non-hydrogen) atoms. The Hall–Kier alpha value is -2.76. The number of rotatable bonds is 6. The zero-order valence-electron chi connectivity index (χ0n) is 17.1. The maximum atomic E-state index is 5.27. The maximum absolute atomic E-state index is 5.27. The summed E-state index contributed by atoms with van der Waals surface area (Å²) in [5, 5.41) is 6.67. The smallest absolute Gasteiger partial charge is 0.191 e. The number of benzene rings is 1. The minimum Gasteiger partial charge on any atom is -0.497 e. The summed E-state index contributed by atoms with van der Waals surface area (Å²) in [5.74, 6) is 3.53. The number of anilines is 1. The third-order valence-corrected chi connectivity index (χ3v) is 5.19. The molecule has 2 heterocycles. The van der Waals surface area contributed by atoms with E-state index < -0.39 is 0 Å². The Labute approximate surface area is 168 Å².